The second kappa shape index (κ2) is 6.54. The molecule has 1 atom stereocenters. The van der Waals surface area contributed by atoms with Crippen LogP contribution in [0.3, 0.4) is 0 Å². The van der Waals surface area contributed by atoms with Crippen molar-refractivity contribution >= 4 is 15.7 Å². The minimum absolute atomic E-state index is 0.0507. The molecule has 23 heavy (non-hydrogen) atoms. The zero-order valence-electron chi connectivity index (χ0n) is 13.9. The number of nitro benzene ring substituents is 1. The number of rotatable bonds is 5. The highest BCUT2D eigenvalue weighted by Gasteiger charge is 2.34. The Morgan fingerprint density at radius 1 is 1.35 bits per heavy atom. The summed E-state index contributed by atoms with van der Waals surface area (Å²) in [6, 6.07) is 2.59. The summed E-state index contributed by atoms with van der Waals surface area (Å²) < 4.78 is 27.3. The quantitative estimate of drug-likeness (QED) is 0.602. The molecule has 1 aromatic rings. The minimum atomic E-state index is -3.71. The Labute approximate surface area is 137 Å². The average Bonchev–Trinajstić information content (AvgIpc) is 2.89. The number of nitrogens with zero attached hydrogens (tertiary/aromatic N) is 3. The van der Waals surface area contributed by atoms with Gasteiger partial charge in [0.2, 0.25) is 10.0 Å². The van der Waals surface area contributed by atoms with E-state index in [1.54, 1.807) is 13.8 Å². The number of benzene rings is 1. The van der Waals surface area contributed by atoms with E-state index >= 15 is 0 Å². The number of non-ortho nitro benzene ring substituents is 1. The number of hydrogen-bond acceptors (Lipinski definition) is 5. The van der Waals surface area contributed by atoms with Gasteiger partial charge in [0.15, 0.2) is 0 Å². The molecular formula is C15H23N3O4S. The molecule has 128 valence electrons. The van der Waals surface area contributed by atoms with Crippen molar-refractivity contribution in [2.75, 3.05) is 33.7 Å². The van der Waals surface area contributed by atoms with Gasteiger partial charge in [-0.25, -0.2) is 8.42 Å². The molecule has 0 saturated carbocycles. The molecule has 1 fully saturated rings. The Balaban J connectivity index is 2.35. The molecule has 0 aliphatic carbocycles. The second-order valence-electron chi connectivity index (χ2n) is 6.42. The normalized spacial score (nSPS) is 19.4. The van der Waals surface area contributed by atoms with Crippen LogP contribution in [0.4, 0.5) is 5.69 Å². The van der Waals surface area contributed by atoms with E-state index in [-0.39, 0.29) is 10.6 Å². The topological polar surface area (TPSA) is 83.8 Å². The predicted octanol–water partition coefficient (Wildman–Crippen LogP) is 1.78. The van der Waals surface area contributed by atoms with Crippen LogP contribution in [-0.2, 0) is 10.0 Å². The van der Waals surface area contributed by atoms with Crippen LogP contribution in [0.25, 0.3) is 0 Å². The van der Waals surface area contributed by atoms with Crippen LogP contribution in [0.2, 0.25) is 0 Å². The van der Waals surface area contributed by atoms with Crippen molar-refractivity contribution in [3.63, 3.8) is 0 Å². The summed E-state index contributed by atoms with van der Waals surface area (Å²) in [6.45, 7) is 5.14. The molecule has 0 N–H and O–H groups in total. The molecule has 0 unspecified atom stereocenters. The molecule has 1 aliphatic heterocycles. The third-order valence-electron chi connectivity index (χ3n) is 4.31. The summed E-state index contributed by atoms with van der Waals surface area (Å²) in [5, 5.41) is 11.0. The summed E-state index contributed by atoms with van der Waals surface area (Å²) in [5.74, 6) is 0.292. The molecule has 0 aromatic heterocycles. The zero-order valence-corrected chi connectivity index (χ0v) is 14.8. The van der Waals surface area contributed by atoms with Crippen molar-refractivity contribution in [2.45, 2.75) is 25.2 Å². The molecule has 1 saturated heterocycles. The van der Waals surface area contributed by atoms with Gasteiger partial charge in [-0.15, -0.1) is 0 Å². The highest BCUT2D eigenvalue weighted by molar-refractivity contribution is 7.89. The van der Waals surface area contributed by atoms with Crippen molar-refractivity contribution in [2.24, 2.45) is 5.92 Å². The van der Waals surface area contributed by atoms with Gasteiger partial charge in [-0.2, -0.15) is 4.31 Å². The van der Waals surface area contributed by atoms with Gasteiger partial charge in [0.25, 0.3) is 5.69 Å². The Bertz CT molecular complexity index is 716. The van der Waals surface area contributed by atoms with Crippen molar-refractivity contribution in [1.29, 1.82) is 0 Å². The van der Waals surface area contributed by atoms with E-state index in [0.717, 1.165) is 13.0 Å². The summed E-state index contributed by atoms with van der Waals surface area (Å²) in [4.78, 5) is 12.6. The molecule has 1 aliphatic rings. The van der Waals surface area contributed by atoms with Gasteiger partial charge in [0.05, 0.1) is 9.82 Å². The van der Waals surface area contributed by atoms with Crippen LogP contribution in [0, 0.1) is 29.9 Å². The van der Waals surface area contributed by atoms with Crippen LogP contribution in [0.5, 0.6) is 0 Å². The van der Waals surface area contributed by atoms with Crippen molar-refractivity contribution in [3.05, 3.63) is 33.4 Å². The first kappa shape index (κ1) is 17.8. The first-order valence-corrected chi connectivity index (χ1v) is 8.97. The van der Waals surface area contributed by atoms with Crippen LogP contribution < -0.4 is 0 Å². The number of nitro groups is 1. The third kappa shape index (κ3) is 3.70. The van der Waals surface area contributed by atoms with Gasteiger partial charge in [-0.05, 0) is 51.4 Å². The third-order valence-corrected chi connectivity index (χ3v) is 6.30. The minimum Gasteiger partial charge on any atom is -0.309 e. The highest BCUT2D eigenvalue weighted by atomic mass is 32.2. The predicted molar refractivity (Wildman–Crippen MR) is 88.0 cm³/mol. The number of sulfonamides is 1. The summed E-state index contributed by atoms with van der Waals surface area (Å²) >= 11 is 0. The van der Waals surface area contributed by atoms with Gasteiger partial charge in [0, 0.05) is 31.8 Å². The molecule has 8 heteroatoms. The Morgan fingerprint density at radius 3 is 2.57 bits per heavy atom. The standard InChI is InChI=1S/C15H23N3O4S/c1-11-7-14(18(19)20)8-15(12(11)2)23(21,22)17-6-5-13(10-17)9-16(3)4/h7-8,13H,5-6,9-10H2,1-4H3/t13-/m0/s1. The first-order valence-electron chi connectivity index (χ1n) is 7.53. The molecule has 1 aromatic carbocycles. The summed E-state index contributed by atoms with van der Waals surface area (Å²) in [5.41, 5.74) is 1.00. The van der Waals surface area contributed by atoms with Crippen molar-refractivity contribution < 1.29 is 13.3 Å². The monoisotopic (exact) mass is 341 g/mol. The smallest absolute Gasteiger partial charge is 0.271 e. The van der Waals surface area contributed by atoms with Crippen LogP contribution in [0.1, 0.15) is 17.5 Å². The molecule has 1 heterocycles. The lowest BCUT2D eigenvalue weighted by Gasteiger charge is -2.20. The average molecular weight is 341 g/mol. The Kier molecular flexibility index (Phi) is 5.07. The van der Waals surface area contributed by atoms with E-state index in [4.69, 9.17) is 0 Å². The van der Waals surface area contributed by atoms with Gasteiger partial charge in [-0.1, -0.05) is 0 Å². The molecule has 7 nitrogen and oxygen atoms in total. The molecule has 0 bridgehead atoms. The van der Waals surface area contributed by atoms with Gasteiger partial charge in [0.1, 0.15) is 0 Å². The first-order chi connectivity index (χ1) is 10.6. The molecular weight excluding hydrogens is 318 g/mol. The maximum atomic E-state index is 12.9. The van der Waals surface area contributed by atoms with E-state index in [9.17, 15) is 18.5 Å². The Hall–Kier alpha value is -1.51. The lowest BCUT2D eigenvalue weighted by Crippen LogP contribution is -2.31. The summed E-state index contributed by atoms with van der Waals surface area (Å²) in [6.07, 6.45) is 0.810. The fourth-order valence-corrected chi connectivity index (χ4v) is 4.85. The lowest BCUT2D eigenvalue weighted by atomic mass is 10.1. The fourth-order valence-electron chi connectivity index (χ4n) is 3.00. The second-order valence-corrected chi connectivity index (χ2v) is 8.33. The highest BCUT2D eigenvalue weighted by Crippen LogP contribution is 2.30. The van der Waals surface area contributed by atoms with E-state index in [1.807, 2.05) is 19.0 Å². The molecule has 0 amide bonds. The van der Waals surface area contributed by atoms with Gasteiger partial charge in [-0.3, -0.25) is 10.1 Å². The summed E-state index contributed by atoms with van der Waals surface area (Å²) in [7, 11) is 0.221. The molecule has 0 radical (unpaired) electrons. The van der Waals surface area contributed by atoms with Gasteiger partial charge >= 0.3 is 0 Å². The van der Waals surface area contributed by atoms with E-state index in [2.05, 4.69) is 0 Å². The van der Waals surface area contributed by atoms with Crippen LogP contribution >= 0.6 is 0 Å². The maximum Gasteiger partial charge on any atom is 0.271 e. The Morgan fingerprint density at radius 2 is 2.00 bits per heavy atom. The molecule has 0 spiro atoms. The SMILES string of the molecule is Cc1cc([N+](=O)[O-])cc(S(=O)(=O)N2CC[C@@H](CN(C)C)C2)c1C. The lowest BCUT2D eigenvalue weighted by molar-refractivity contribution is -0.385. The zero-order chi connectivity index (χ0) is 17.4. The van der Waals surface area contributed by atoms with Crippen LogP contribution in [-0.4, -0.2) is 56.3 Å². The fraction of sp³-hybridized carbons (Fsp3) is 0.600. The largest absolute Gasteiger partial charge is 0.309 e. The van der Waals surface area contributed by atoms with Gasteiger partial charge < -0.3 is 4.90 Å². The van der Waals surface area contributed by atoms with Crippen LogP contribution in [0.15, 0.2) is 17.0 Å². The van der Waals surface area contributed by atoms with Crippen molar-refractivity contribution in [1.82, 2.24) is 9.21 Å². The van der Waals surface area contributed by atoms with Crippen molar-refractivity contribution in [3.8, 4) is 0 Å². The van der Waals surface area contributed by atoms with E-state index < -0.39 is 14.9 Å². The molecule has 2 rings (SSSR count). The van der Waals surface area contributed by atoms with E-state index in [1.165, 1.54) is 16.4 Å². The number of hydrogen-bond donors (Lipinski definition) is 0. The van der Waals surface area contributed by atoms with E-state index in [0.29, 0.717) is 30.1 Å². The maximum absolute atomic E-state index is 12.9. The number of aryl methyl sites for hydroxylation is 1.